The molecule has 0 spiro atoms. The predicted molar refractivity (Wildman–Crippen MR) is 66.6 cm³/mol. The molecule has 2 aromatic rings. The molecular weight excluding hydrogens is 212 g/mol. The van der Waals surface area contributed by atoms with E-state index >= 15 is 0 Å². The molecule has 0 saturated carbocycles. The van der Waals surface area contributed by atoms with Gasteiger partial charge in [0.1, 0.15) is 5.69 Å². The summed E-state index contributed by atoms with van der Waals surface area (Å²) in [6.07, 6.45) is 8.48. The molecule has 17 heavy (non-hydrogen) atoms. The van der Waals surface area contributed by atoms with Crippen molar-refractivity contribution in [2.24, 2.45) is 13.0 Å². The Kier molecular flexibility index (Phi) is 2.50. The Morgan fingerprint density at radius 2 is 2.41 bits per heavy atom. The zero-order valence-electron chi connectivity index (χ0n) is 10.4. The van der Waals surface area contributed by atoms with Gasteiger partial charge < -0.3 is 9.55 Å². The average Bonchev–Trinajstić information content (AvgIpc) is 2.93. The Hall–Kier alpha value is -1.58. The van der Waals surface area contributed by atoms with Gasteiger partial charge >= 0.3 is 0 Å². The van der Waals surface area contributed by atoms with Crippen molar-refractivity contribution in [3.05, 3.63) is 23.9 Å². The highest BCUT2D eigenvalue weighted by atomic mass is 15.1. The van der Waals surface area contributed by atoms with Crippen LogP contribution in [0.4, 0.5) is 0 Å². The lowest BCUT2D eigenvalue weighted by Gasteiger charge is -2.18. The SMILES string of the molecule is CCC1CCc2nc(-c3cncn3C)[nH]c2C1. The van der Waals surface area contributed by atoms with Gasteiger partial charge in [0, 0.05) is 12.7 Å². The summed E-state index contributed by atoms with van der Waals surface area (Å²) in [5.74, 6) is 1.79. The van der Waals surface area contributed by atoms with E-state index in [1.54, 1.807) is 0 Å². The smallest absolute Gasteiger partial charge is 0.156 e. The maximum absolute atomic E-state index is 4.71. The van der Waals surface area contributed by atoms with Gasteiger partial charge in [0.05, 0.1) is 18.2 Å². The van der Waals surface area contributed by atoms with E-state index < -0.39 is 0 Å². The normalized spacial score (nSPS) is 19.3. The second-order valence-corrected chi connectivity index (χ2v) is 4.92. The van der Waals surface area contributed by atoms with E-state index in [-0.39, 0.29) is 0 Å². The summed E-state index contributed by atoms with van der Waals surface area (Å²) >= 11 is 0. The monoisotopic (exact) mass is 230 g/mol. The molecule has 1 N–H and O–H groups in total. The Morgan fingerprint density at radius 1 is 1.53 bits per heavy atom. The van der Waals surface area contributed by atoms with Crippen LogP contribution in [-0.4, -0.2) is 19.5 Å². The molecule has 4 heteroatoms. The van der Waals surface area contributed by atoms with E-state index in [0.29, 0.717) is 0 Å². The summed E-state index contributed by atoms with van der Waals surface area (Å²) in [5.41, 5.74) is 3.65. The minimum absolute atomic E-state index is 0.822. The summed E-state index contributed by atoms with van der Waals surface area (Å²) in [4.78, 5) is 12.3. The van der Waals surface area contributed by atoms with Crippen LogP contribution in [0.5, 0.6) is 0 Å². The molecular formula is C13H18N4. The molecule has 0 amide bonds. The molecule has 0 aliphatic heterocycles. The average molecular weight is 230 g/mol. The summed E-state index contributed by atoms with van der Waals surface area (Å²) in [6, 6.07) is 0. The third-order valence-corrected chi connectivity index (χ3v) is 3.78. The highest BCUT2D eigenvalue weighted by Gasteiger charge is 2.21. The summed E-state index contributed by atoms with van der Waals surface area (Å²) in [7, 11) is 2.00. The largest absolute Gasteiger partial charge is 0.340 e. The summed E-state index contributed by atoms with van der Waals surface area (Å²) in [5, 5.41) is 0. The number of hydrogen-bond donors (Lipinski definition) is 1. The van der Waals surface area contributed by atoms with Crippen LogP contribution in [0, 0.1) is 5.92 Å². The van der Waals surface area contributed by atoms with Crippen LogP contribution < -0.4 is 0 Å². The van der Waals surface area contributed by atoms with Gasteiger partial charge in [0.15, 0.2) is 5.82 Å². The number of rotatable bonds is 2. The Labute approximate surface area is 101 Å². The fraction of sp³-hybridized carbons (Fsp3) is 0.538. The highest BCUT2D eigenvalue weighted by Crippen LogP contribution is 2.28. The first-order valence-electron chi connectivity index (χ1n) is 6.32. The minimum atomic E-state index is 0.822. The molecule has 1 aliphatic rings. The number of hydrogen-bond acceptors (Lipinski definition) is 2. The maximum Gasteiger partial charge on any atom is 0.156 e. The van der Waals surface area contributed by atoms with Crippen molar-refractivity contribution < 1.29 is 0 Å². The molecule has 0 aromatic carbocycles. The van der Waals surface area contributed by atoms with Gasteiger partial charge in [-0.3, -0.25) is 0 Å². The molecule has 0 saturated heterocycles. The molecule has 1 atom stereocenters. The summed E-state index contributed by atoms with van der Waals surface area (Å²) < 4.78 is 2.00. The second-order valence-electron chi connectivity index (χ2n) is 4.92. The third kappa shape index (κ3) is 1.77. The predicted octanol–water partition coefficient (Wildman–Crippen LogP) is 2.33. The number of imidazole rings is 2. The molecule has 1 unspecified atom stereocenters. The first-order chi connectivity index (χ1) is 8.28. The zero-order valence-corrected chi connectivity index (χ0v) is 10.4. The van der Waals surface area contributed by atoms with E-state index in [9.17, 15) is 0 Å². The third-order valence-electron chi connectivity index (χ3n) is 3.78. The van der Waals surface area contributed by atoms with Crippen molar-refractivity contribution in [3.8, 4) is 11.5 Å². The van der Waals surface area contributed by atoms with Crippen LogP contribution in [0.25, 0.3) is 11.5 Å². The van der Waals surface area contributed by atoms with Gasteiger partial charge in [-0.25, -0.2) is 9.97 Å². The molecule has 3 rings (SSSR count). The number of H-pyrrole nitrogens is 1. The van der Waals surface area contributed by atoms with Crippen LogP contribution in [0.3, 0.4) is 0 Å². The lowest BCUT2D eigenvalue weighted by atomic mass is 9.88. The Bertz CT molecular complexity index is 523. The van der Waals surface area contributed by atoms with Crippen molar-refractivity contribution in [1.82, 2.24) is 19.5 Å². The fourth-order valence-electron chi connectivity index (χ4n) is 2.61. The van der Waals surface area contributed by atoms with E-state index in [1.165, 1.54) is 24.2 Å². The number of fused-ring (bicyclic) bond motifs is 1. The number of aromatic amines is 1. The molecule has 1 aliphatic carbocycles. The summed E-state index contributed by atoms with van der Waals surface area (Å²) in [6.45, 7) is 2.27. The van der Waals surface area contributed by atoms with E-state index in [0.717, 1.165) is 30.3 Å². The van der Waals surface area contributed by atoms with Gasteiger partial charge in [-0.15, -0.1) is 0 Å². The van der Waals surface area contributed by atoms with E-state index in [1.807, 2.05) is 24.1 Å². The van der Waals surface area contributed by atoms with Crippen molar-refractivity contribution in [1.29, 1.82) is 0 Å². The highest BCUT2D eigenvalue weighted by molar-refractivity contribution is 5.50. The molecule has 0 bridgehead atoms. The quantitative estimate of drug-likeness (QED) is 0.860. The Morgan fingerprint density at radius 3 is 3.12 bits per heavy atom. The van der Waals surface area contributed by atoms with Crippen LogP contribution in [0.1, 0.15) is 31.2 Å². The van der Waals surface area contributed by atoms with Crippen molar-refractivity contribution >= 4 is 0 Å². The maximum atomic E-state index is 4.71. The van der Waals surface area contributed by atoms with Crippen molar-refractivity contribution in [2.75, 3.05) is 0 Å². The second kappa shape index (κ2) is 4.02. The van der Waals surface area contributed by atoms with Crippen LogP contribution in [0.15, 0.2) is 12.5 Å². The van der Waals surface area contributed by atoms with Gasteiger partial charge in [-0.05, 0) is 25.2 Å². The van der Waals surface area contributed by atoms with Gasteiger partial charge in [-0.1, -0.05) is 13.3 Å². The number of aryl methyl sites for hydroxylation is 2. The minimum Gasteiger partial charge on any atom is -0.340 e. The van der Waals surface area contributed by atoms with Crippen LogP contribution in [0.2, 0.25) is 0 Å². The first-order valence-corrected chi connectivity index (χ1v) is 6.32. The van der Waals surface area contributed by atoms with Gasteiger partial charge in [0.25, 0.3) is 0 Å². The molecule has 4 nitrogen and oxygen atoms in total. The number of nitrogens with one attached hydrogen (secondary N) is 1. The van der Waals surface area contributed by atoms with Gasteiger partial charge in [-0.2, -0.15) is 0 Å². The van der Waals surface area contributed by atoms with E-state index in [2.05, 4.69) is 16.9 Å². The molecule has 0 radical (unpaired) electrons. The molecule has 90 valence electrons. The topological polar surface area (TPSA) is 46.5 Å². The molecule has 2 aromatic heterocycles. The number of nitrogens with zero attached hydrogens (tertiary/aromatic N) is 3. The van der Waals surface area contributed by atoms with Gasteiger partial charge in [0.2, 0.25) is 0 Å². The van der Waals surface area contributed by atoms with Crippen LogP contribution in [-0.2, 0) is 19.9 Å². The zero-order chi connectivity index (χ0) is 11.8. The lowest BCUT2D eigenvalue weighted by Crippen LogP contribution is -2.12. The van der Waals surface area contributed by atoms with Crippen molar-refractivity contribution in [2.45, 2.75) is 32.6 Å². The standard InChI is InChI=1S/C13H18N4/c1-3-9-4-5-10-11(6-9)16-13(15-10)12-7-14-8-17(12)2/h7-9H,3-6H2,1-2H3,(H,15,16). The lowest BCUT2D eigenvalue weighted by molar-refractivity contribution is 0.438. The molecule has 2 heterocycles. The fourth-order valence-corrected chi connectivity index (χ4v) is 2.61. The number of aromatic nitrogens is 4. The van der Waals surface area contributed by atoms with E-state index in [4.69, 9.17) is 4.98 Å². The molecule has 0 fully saturated rings. The van der Waals surface area contributed by atoms with Crippen LogP contribution >= 0.6 is 0 Å². The first kappa shape index (κ1) is 10.6. The van der Waals surface area contributed by atoms with Crippen molar-refractivity contribution in [3.63, 3.8) is 0 Å². The Balaban J connectivity index is 1.95.